The Bertz CT molecular complexity index is 1730. The van der Waals surface area contributed by atoms with Gasteiger partial charge in [0.25, 0.3) is 17.4 Å². The van der Waals surface area contributed by atoms with Crippen molar-refractivity contribution in [2.24, 2.45) is 0 Å². The first-order valence-electron chi connectivity index (χ1n) is 11.0. The number of carbonyl (C=O) groups is 1. The van der Waals surface area contributed by atoms with Crippen molar-refractivity contribution in [2.45, 2.75) is 6.18 Å². The van der Waals surface area contributed by atoms with E-state index in [1.807, 2.05) is 0 Å². The molecule has 196 valence electrons. The number of amides is 1. The summed E-state index contributed by atoms with van der Waals surface area (Å²) in [6.07, 6.45) is -4.83. The van der Waals surface area contributed by atoms with Crippen LogP contribution in [0.2, 0.25) is 5.02 Å². The van der Waals surface area contributed by atoms with Crippen molar-refractivity contribution in [3.63, 3.8) is 0 Å². The van der Waals surface area contributed by atoms with Crippen LogP contribution in [0.1, 0.15) is 16.3 Å². The number of nitro benzene ring substituents is 1. The molecule has 5 rings (SSSR count). The van der Waals surface area contributed by atoms with E-state index in [0.29, 0.717) is 15.1 Å². The molecule has 0 aliphatic heterocycles. The molecule has 0 saturated heterocycles. The lowest BCUT2D eigenvalue weighted by atomic mass is 10.1. The van der Waals surface area contributed by atoms with E-state index in [4.69, 9.17) is 16.3 Å². The smallest absolute Gasteiger partial charge is 0.433 e. The van der Waals surface area contributed by atoms with Gasteiger partial charge in [-0.3, -0.25) is 14.9 Å². The molecule has 0 spiro atoms. The predicted octanol–water partition coefficient (Wildman–Crippen LogP) is 6.42. The quantitative estimate of drug-likeness (QED) is 0.190. The van der Waals surface area contributed by atoms with Crippen LogP contribution in [0, 0.1) is 10.1 Å². The van der Waals surface area contributed by atoms with Crippen molar-refractivity contribution in [2.75, 3.05) is 5.32 Å². The normalized spacial score (nSPS) is 11.4. The minimum atomic E-state index is -4.83. The Morgan fingerprint density at radius 2 is 1.74 bits per heavy atom. The second kappa shape index (κ2) is 10.0. The summed E-state index contributed by atoms with van der Waals surface area (Å²) in [7, 11) is 0. The molecule has 14 heteroatoms. The van der Waals surface area contributed by atoms with E-state index < -0.39 is 40.0 Å². The van der Waals surface area contributed by atoms with Gasteiger partial charge in [0.1, 0.15) is 11.5 Å². The Morgan fingerprint density at radius 1 is 0.974 bits per heavy atom. The second-order valence-electron chi connectivity index (χ2n) is 8.02. The standard InChI is InChI=1S/C25H14ClF3N6O4/c26-15-7-4-8-18(9-15)39-19-11-16(10-17(12-19)35(37)38)30-23(36)22-32-24-31-20(14-5-2-1-3-6-14)13-21(25(27,28)29)34(24)33-22/h1-13H,(H,30,36). The summed E-state index contributed by atoms with van der Waals surface area (Å²) in [4.78, 5) is 31.6. The van der Waals surface area contributed by atoms with E-state index in [9.17, 15) is 28.1 Å². The molecule has 10 nitrogen and oxygen atoms in total. The van der Waals surface area contributed by atoms with Crippen LogP contribution in [0.4, 0.5) is 24.5 Å². The highest BCUT2D eigenvalue weighted by Crippen LogP contribution is 2.33. The number of halogens is 4. The molecule has 1 amide bonds. The first-order valence-corrected chi connectivity index (χ1v) is 11.4. The molecule has 0 radical (unpaired) electrons. The molecular weight excluding hydrogens is 541 g/mol. The highest BCUT2D eigenvalue weighted by atomic mass is 35.5. The average molecular weight is 555 g/mol. The van der Waals surface area contributed by atoms with Crippen LogP contribution in [0.5, 0.6) is 11.5 Å². The molecule has 2 aromatic heterocycles. The number of nitro groups is 1. The third-order valence-electron chi connectivity index (χ3n) is 5.27. The maximum atomic E-state index is 13.8. The third-order valence-corrected chi connectivity index (χ3v) is 5.50. The maximum Gasteiger partial charge on any atom is 0.433 e. The third kappa shape index (κ3) is 5.62. The minimum Gasteiger partial charge on any atom is -0.457 e. The largest absolute Gasteiger partial charge is 0.457 e. The van der Waals surface area contributed by atoms with Gasteiger partial charge < -0.3 is 10.1 Å². The van der Waals surface area contributed by atoms with Crippen LogP contribution in [-0.4, -0.2) is 30.4 Å². The number of rotatable bonds is 6. The number of non-ortho nitro benzene ring substituents is 1. The Morgan fingerprint density at radius 3 is 2.44 bits per heavy atom. The van der Waals surface area contributed by atoms with Crippen LogP contribution >= 0.6 is 11.6 Å². The Labute approximate surface area is 221 Å². The van der Waals surface area contributed by atoms with Crippen molar-refractivity contribution < 1.29 is 27.6 Å². The Hall–Kier alpha value is -5.04. The number of carbonyl (C=O) groups excluding carboxylic acids is 1. The number of alkyl halides is 3. The van der Waals surface area contributed by atoms with Crippen LogP contribution in [0.3, 0.4) is 0 Å². The highest BCUT2D eigenvalue weighted by Gasteiger charge is 2.36. The van der Waals surface area contributed by atoms with Crippen molar-refractivity contribution >= 4 is 34.7 Å². The second-order valence-corrected chi connectivity index (χ2v) is 8.46. The maximum absolute atomic E-state index is 13.8. The summed E-state index contributed by atoms with van der Waals surface area (Å²) in [5.41, 5.74) is -1.30. The number of nitrogens with one attached hydrogen (secondary N) is 1. The molecule has 0 unspecified atom stereocenters. The number of aromatic nitrogens is 4. The van der Waals surface area contributed by atoms with Gasteiger partial charge in [-0.1, -0.05) is 48.0 Å². The molecule has 0 atom stereocenters. The van der Waals surface area contributed by atoms with Crippen molar-refractivity contribution in [1.29, 1.82) is 0 Å². The predicted molar refractivity (Wildman–Crippen MR) is 134 cm³/mol. The zero-order valence-electron chi connectivity index (χ0n) is 19.4. The fourth-order valence-electron chi connectivity index (χ4n) is 3.60. The van der Waals surface area contributed by atoms with E-state index in [1.165, 1.54) is 12.1 Å². The Balaban J connectivity index is 1.50. The summed E-state index contributed by atoms with van der Waals surface area (Å²) < 4.78 is 47.6. The van der Waals surface area contributed by atoms with Gasteiger partial charge in [0.05, 0.1) is 22.4 Å². The van der Waals surface area contributed by atoms with E-state index in [1.54, 1.807) is 48.5 Å². The zero-order valence-corrected chi connectivity index (χ0v) is 20.1. The molecule has 1 N–H and O–H groups in total. The first-order chi connectivity index (χ1) is 18.6. The highest BCUT2D eigenvalue weighted by molar-refractivity contribution is 6.30. The van der Waals surface area contributed by atoms with Crippen LogP contribution in [0.25, 0.3) is 17.0 Å². The average Bonchev–Trinajstić information content (AvgIpc) is 3.32. The van der Waals surface area contributed by atoms with Gasteiger partial charge in [-0.05, 0) is 24.3 Å². The van der Waals surface area contributed by atoms with Gasteiger partial charge in [0, 0.05) is 22.7 Å². The first kappa shape index (κ1) is 25.6. The van der Waals surface area contributed by atoms with E-state index in [2.05, 4.69) is 20.4 Å². The monoisotopic (exact) mass is 554 g/mol. The molecule has 5 aromatic rings. The molecule has 0 aliphatic rings. The number of benzene rings is 3. The Kier molecular flexibility index (Phi) is 6.58. The van der Waals surface area contributed by atoms with Gasteiger partial charge >= 0.3 is 6.18 Å². The summed E-state index contributed by atoms with van der Waals surface area (Å²) in [5, 5.41) is 17.9. The lowest BCUT2D eigenvalue weighted by molar-refractivity contribution is -0.384. The number of fused-ring (bicyclic) bond motifs is 1. The number of hydrogen-bond donors (Lipinski definition) is 1. The molecule has 39 heavy (non-hydrogen) atoms. The number of anilines is 1. The van der Waals surface area contributed by atoms with Gasteiger partial charge in [-0.2, -0.15) is 22.7 Å². The minimum absolute atomic E-state index is 0.00162. The molecule has 3 aromatic carbocycles. The van der Waals surface area contributed by atoms with Crippen LogP contribution in [0.15, 0.2) is 78.9 Å². The molecular formula is C25H14ClF3N6O4. The summed E-state index contributed by atoms with van der Waals surface area (Å²) >= 11 is 5.94. The molecule has 0 saturated carbocycles. The summed E-state index contributed by atoms with van der Waals surface area (Å²) in [6, 6.07) is 18.7. The fourth-order valence-corrected chi connectivity index (χ4v) is 3.78. The van der Waals surface area contributed by atoms with E-state index in [-0.39, 0.29) is 22.9 Å². The molecule has 0 aliphatic carbocycles. The van der Waals surface area contributed by atoms with Gasteiger partial charge in [-0.25, -0.2) is 4.98 Å². The van der Waals surface area contributed by atoms with E-state index in [0.717, 1.165) is 18.2 Å². The SMILES string of the molecule is O=C(Nc1cc(Oc2cccc(Cl)c2)cc([N+](=O)[O-])c1)c1nc2nc(-c3ccccc3)cc(C(F)(F)F)n2n1. The number of ether oxygens (including phenoxy) is 1. The molecule has 2 heterocycles. The summed E-state index contributed by atoms with van der Waals surface area (Å²) in [6.45, 7) is 0. The van der Waals surface area contributed by atoms with E-state index >= 15 is 0 Å². The van der Waals surface area contributed by atoms with Crippen molar-refractivity contribution in [1.82, 2.24) is 19.6 Å². The van der Waals surface area contributed by atoms with Crippen molar-refractivity contribution in [3.8, 4) is 22.8 Å². The van der Waals surface area contributed by atoms with Crippen LogP contribution in [-0.2, 0) is 6.18 Å². The number of hydrogen-bond acceptors (Lipinski definition) is 7. The number of nitrogens with zero attached hydrogens (tertiary/aromatic N) is 5. The lowest BCUT2D eigenvalue weighted by Gasteiger charge is -2.10. The summed E-state index contributed by atoms with van der Waals surface area (Å²) in [5.74, 6) is -1.84. The zero-order chi connectivity index (χ0) is 27.7. The molecule has 0 bridgehead atoms. The van der Waals surface area contributed by atoms with Gasteiger partial charge in [-0.15, -0.1) is 5.10 Å². The fraction of sp³-hybridized carbons (Fsp3) is 0.0400. The van der Waals surface area contributed by atoms with Crippen molar-refractivity contribution in [3.05, 3.63) is 106 Å². The van der Waals surface area contributed by atoms with Gasteiger partial charge in [0.2, 0.25) is 5.82 Å². The molecule has 0 fully saturated rings. The van der Waals surface area contributed by atoms with Crippen LogP contribution < -0.4 is 10.1 Å². The topological polar surface area (TPSA) is 125 Å². The van der Waals surface area contributed by atoms with Gasteiger partial charge in [0.15, 0.2) is 5.69 Å². The lowest BCUT2D eigenvalue weighted by Crippen LogP contribution is -2.16.